The number of nitrogens with zero attached hydrogens (tertiary/aromatic N) is 1. The number of benzene rings is 2. The van der Waals surface area contributed by atoms with Crippen LogP contribution in [0.5, 0.6) is 11.5 Å². The fraction of sp³-hybridized carbons (Fsp3) is 0.360. The summed E-state index contributed by atoms with van der Waals surface area (Å²) in [6, 6.07) is 12.9. The van der Waals surface area contributed by atoms with Gasteiger partial charge in [0, 0.05) is 53.6 Å². The van der Waals surface area contributed by atoms with Crippen molar-refractivity contribution in [3.05, 3.63) is 58.7 Å². The van der Waals surface area contributed by atoms with Crippen LogP contribution in [0.15, 0.2) is 42.5 Å². The highest BCUT2D eigenvalue weighted by Crippen LogP contribution is 2.26. The Morgan fingerprint density at radius 2 is 1.88 bits per heavy atom. The number of ether oxygens (including phenoxy) is 2. The van der Waals surface area contributed by atoms with Gasteiger partial charge in [-0.3, -0.25) is 9.59 Å². The van der Waals surface area contributed by atoms with Gasteiger partial charge in [-0.1, -0.05) is 11.6 Å². The Hall–Kier alpha value is -3.19. The zero-order valence-corrected chi connectivity index (χ0v) is 19.6. The standard InChI is InChI=1S/C25H28ClN3O4/c1-32-20-5-3-17(23(14-20)33-2)15-27-24(30)11-16-7-9-29(10-8-16)25(31)22-13-18-12-19(26)4-6-21(18)28-22/h3-6,12-14,16,28H,7-11,15H2,1-2H3,(H,27,30). The van der Waals surface area contributed by atoms with Crippen molar-refractivity contribution in [1.82, 2.24) is 15.2 Å². The van der Waals surface area contributed by atoms with Gasteiger partial charge in [-0.2, -0.15) is 0 Å². The summed E-state index contributed by atoms with van der Waals surface area (Å²) >= 11 is 6.05. The number of fused-ring (bicyclic) bond motifs is 1. The second-order valence-electron chi connectivity index (χ2n) is 8.31. The molecule has 0 atom stereocenters. The van der Waals surface area contributed by atoms with Gasteiger partial charge < -0.3 is 24.7 Å². The molecule has 0 unspecified atom stereocenters. The third-order valence-electron chi connectivity index (χ3n) is 6.16. The molecule has 0 aliphatic carbocycles. The quantitative estimate of drug-likeness (QED) is 0.537. The van der Waals surface area contributed by atoms with Crippen molar-refractivity contribution in [1.29, 1.82) is 0 Å². The molecule has 2 N–H and O–H groups in total. The Morgan fingerprint density at radius 3 is 2.61 bits per heavy atom. The van der Waals surface area contributed by atoms with Crippen molar-refractivity contribution in [2.45, 2.75) is 25.8 Å². The Labute approximate surface area is 198 Å². The van der Waals surface area contributed by atoms with Gasteiger partial charge in [0.1, 0.15) is 17.2 Å². The molecule has 33 heavy (non-hydrogen) atoms. The molecule has 0 saturated carbocycles. The van der Waals surface area contributed by atoms with Gasteiger partial charge in [0.15, 0.2) is 0 Å². The first-order valence-corrected chi connectivity index (χ1v) is 11.4. The van der Waals surface area contributed by atoms with Crippen LogP contribution in [0.2, 0.25) is 5.02 Å². The first-order valence-electron chi connectivity index (χ1n) is 11.0. The number of H-pyrrole nitrogens is 1. The number of likely N-dealkylation sites (tertiary alicyclic amines) is 1. The molecule has 1 aliphatic heterocycles. The summed E-state index contributed by atoms with van der Waals surface area (Å²) in [6.07, 6.45) is 2.06. The lowest BCUT2D eigenvalue weighted by molar-refractivity contribution is -0.122. The van der Waals surface area contributed by atoms with Gasteiger partial charge in [-0.05, 0) is 55.2 Å². The van der Waals surface area contributed by atoms with Gasteiger partial charge in [0.05, 0.1) is 14.2 Å². The summed E-state index contributed by atoms with van der Waals surface area (Å²) < 4.78 is 10.6. The van der Waals surface area contributed by atoms with E-state index < -0.39 is 0 Å². The number of carbonyl (C=O) groups excluding carboxylic acids is 2. The number of rotatable bonds is 7. The van der Waals surface area contributed by atoms with Crippen molar-refractivity contribution in [3.63, 3.8) is 0 Å². The van der Waals surface area contributed by atoms with E-state index >= 15 is 0 Å². The molecule has 2 heterocycles. The van der Waals surface area contributed by atoms with Gasteiger partial charge in [-0.15, -0.1) is 0 Å². The van der Waals surface area contributed by atoms with Crippen molar-refractivity contribution in [2.24, 2.45) is 5.92 Å². The number of hydrogen-bond acceptors (Lipinski definition) is 4. The molecule has 174 valence electrons. The molecule has 0 radical (unpaired) electrons. The average molecular weight is 470 g/mol. The van der Waals surface area contributed by atoms with E-state index in [0.717, 1.165) is 29.3 Å². The summed E-state index contributed by atoms with van der Waals surface area (Å²) in [5, 5.41) is 4.55. The third-order valence-corrected chi connectivity index (χ3v) is 6.39. The number of carbonyl (C=O) groups is 2. The molecule has 0 spiro atoms. The maximum absolute atomic E-state index is 12.9. The second-order valence-corrected chi connectivity index (χ2v) is 8.75. The van der Waals surface area contributed by atoms with E-state index in [1.165, 1.54) is 0 Å². The van der Waals surface area contributed by atoms with E-state index in [2.05, 4.69) is 10.3 Å². The number of halogens is 1. The van der Waals surface area contributed by atoms with Crippen molar-refractivity contribution < 1.29 is 19.1 Å². The predicted molar refractivity (Wildman–Crippen MR) is 128 cm³/mol. The summed E-state index contributed by atoms with van der Waals surface area (Å²) in [5.41, 5.74) is 2.35. The van der Waals surface area contributed by atoms with Gasteiger partial charge in [0.25, 0.3) is 5.91 Å². The molecule has 7 nitrogen and oxygen atoms in total. The minimum absolute atomic E-state index is 0.00476. The number of hydrogen-bond donors (Lipinski definition) is 2. The van der Waals surface area contributed by atoms with E-state index in [4.69, 9.17) is 21.1 Å². The largest absolute Gasteiger partial charge is 0.497 e. The molecular weight excluding hydrogens is 442 g/mol. The van der Waals surface area contributed by atoms with E-state index in [9.17, 15) is 9.59 Å². The molecule has 8 heteroatoms. The smallest absolute Gasteiger partial charge is 0.270 e. The minimum Gasteiger partial charge on any atom is -0.497 e. The Morgan fingerprint density at radius 1 is 1.09 bits per heavy atom. The molecule has 2 amide bonds. The van der Waals surface area contributed by atoms with Crippen LogP contribution in [-0.2, 0) is 11.3 Å². The molecular formula is C25H28ClN3O4. The van der Waals surface area contributed by atoms with E-state index in [1.807, 2.05) is 35.2 Å². The Kier molecular flexibility index (Phi) is 7.08. The fourth-order valence-corrected chi connectivity index (χ4v) is 4.44. The lowest BCUT2D eigenvalue weighted by Gasteiger charge is -2.31. The highest BCUT2D eigenvalue weighted by atomic mass is 35.5. The topological polar surface area (TPSA) is 83.7 Å². The zero-order valence-electron chi connectivity index (χ0n) is 18.8. The molecule has 1 fully saturated rings. The van der Waals surface area contributed by atoms with E-state index in [-0.39, 0.29) is 17.7 Å². The molecule has 4 rings (SSSR count). The second kappa shape index (κ2) is 10.2. The van der Waals surface area contributed by atoms with E-state index in [0.29, 0.717) is 48.3 Å². The molecule has 2 aromatic carbocycles. The number of aromatic amines is 1. The third kappa shape index (κ3) is 5.42. The van der Waals surface area contributed by atoms with Crippen LogP contribution in [0.4, 0.5) is 0 Å². The van der Waals surface area contributed by atoms with Crippen molar-refractivity contribution in [2.75, 3.05) is 27.3 Å². The first kappa shape index (κ1) is 23.0. The SMILES string of the molecule is COc1ccc(CNC(=O)CC2CCN(C(=O)c3cc4cc(Cl)ccc4[nH]3)CC2)c(OC)c1. The van der Waals surface area contributed by atoms with E-state index in [1.54, 1.807) is 26.4 Å². The molecule has 0 bridgehead atoms. The maximum Gasteiger partial charge on any atom is 0.270 e. The van der Waals surface area contributed by atoms with Crippen LogP contribution in [-0.4, -0.2) is 49.0 Å². The highest BCUT2D eigenvalue weighted by molar-refractivity contribution is 6.31. The van der Waals surface area contributed by atoms with Gasteiger partial charge in [-0.25, -0.2) is 0 Å². The summed E-state index contributed by atoms with van der Waals surface area (Å²) in [5.74, 6) is 1.63. The summed E-state index contributed by atoms with van der Waals surface area (Å²) in [6.45, 7) is 1.67. The van der Waals surface area contributed by atoms with Crippen LogP contribution >= 0.6 is 11.6 Å². The molecule has 1 saturated heterocycles. The van der Waals surface area contributed by atoms with Gasteiger partial charge in [0.2, 0.25) is 5.91 Å². The first-order chi connectivity index (χ1) is 16.0. The number of piperidine rings is 1. The lowest BCUT2D eigenvalue weighted by Crippen LogP contribution is -2.39. The number of amides is 2. The lowest BCUT2D eigenvalue weighted by atomic mass is 9.93. The van der Waals surface area contributed by atoms with Gasteiger partial charge >= 0.3 is 0 Å². The average Bonchev–Trinajstić information content (AvgIpc) is 3.26. The van der Waals surface area contributed by atoms with Crippen molar-refractivity contribution in [3.8, 4) is 11.5 Å². The van der Waals surface area contributed by atoms with Crippen molar-refractivity contribution >= 4 is 34.3 Å². The maximum atomic E-state index is 12.9. The minimum atomic E-state index is -0.0168. The monoisotopic (exact) mass is 469 g/mol. The Balaban J connectivity index is 1.26. The summed E-state index contributed by atoms with van der Waals surface area (Å²) in [7, 11) is 3.20. The van der Waals surface area contributed by atoms with Crippen LogP contribution in [0.25, 0.3) is 10.9 Å². The number of nitrogens with one attached hydrogen (secondary N) is 2. The van der Waals surface area contributed by atoms with Crippen LogP contribution in [0, 0.1) is 5.92 Å². The predicted octanol–water partition coefficient (Wildman–Crippen LogP) is 4.40. The summed E-state index contributed by atoms with van der Waals surface area (Å²) in [4.78, 5) is 30.4. The molecule has 1 aliphatic rings. The number of methoxy groups -OCH3 is 2. The van der Waals surface area contributed by atoms with Crippen LogP contribution in [0.1, 0.15) is 35.3 Å². The Bertz CT molecular complexity index is 1150. The number of aromatic nitrogens is 1. The van der Waals surface area contributed by atoms with Crippen LogP contribution in [0.3, 0.4) is 0 Å². The normalized spacial score (nSPS) is 14.3. The molecule has 3 aromatic rings. The fourth-order valence-electron chi connectivity index (χ4n) is 4.26. The zero-order chi connectivity index (χ0) is 23.4. The highest BCUT2D eigenvalue weighted by Gasteiger charge is 2.26. The molecule has 1 aromatic heterocycles. The van der Waals surface area contributed by atoms with Crippen LogP contribution < -0.4 is 14.8 Å².